The molecule has 2 heterocycles. The molecule has 0 radical (unpaired) electrons. The van der Waals surface area contributed by atoms with E-state index in [-0.39, 0.29) is 17.9 Å². The molecule has 160 valence electrons. The van der Waals surface area contributed by atoms with Gasteiger partial charge >= 0.3 is 0 Å². The number of anilines is 1. The Morgan fingerprint density at radius 3 is 2.70 bits per heavy atom. The van der Waals surface area contributed by atoms with Crippen LogP contribution in [0.3, 0.4) is 0 Å². The van der Waals surface area contributed by atoms with Crippen LogP contribution in [-0.2, 0) is 22.6 Å². The first-order valence-corrected chi connectivity index (χ1v) is 10.9. The van der Waals surface area contributed by atoms with Crippen molar-refractivity contribution in [3.63, 3.8) is 0 Å². The van der Waals surface area contributed by atoms with Crippen molar-refractivity contribution in [1.82, 2.24) is 20.9 Å². The van der Waals surface area contributed by atoms with Gasteiger partial charge in [-0.1, -0.05) is 34.1 Å². The third-order valence-corrected chi connectivity index (χ3v) is 5.93. The number of rotatable bonds is 7. The molecule has 1 saturated heterocycles. The monoisotopic (exact) mass is 473 g/mol. The molecule has 1 fully saturated rings. The Labute approximate surface area is 185 Å². The van der Waals surface area contributed by atoms with Gasteiger partial charge in [0.2, 0.25) is 11.8 Å². The maximum absolute atomic E-state index is 12.6. The van der Waals surface area contributed by atoms with Crippen LogP contribution in [0, 0.1) is 12.8 Å². The highest BCUT2D eigenvalue weighted by atomic mass is 79.9. The van der Waals surface area contributed by atoms with Gasteiger partial charge in [-0.3, -0.25) is 9.59 Å². The van der Waals surface area contributed by atoms with E-state index in [0.29, 0.717) is 18.3 Å². The van der Waals surface area contributed by atoms with Crippen molar-refractivity contribution in [3.05, 3.63) is 57.7 Å². The summed E-state index contributed by atoms with van der Waals surface area (Å²) in [5.74, 6) is 0.475. The lowest BCUT2D eigenvalue weighted by Crippen LogP contribution is -2.50. The second-order valence-electron chi connectivity index (χ2n) is 7.82. The van der Waals surface area contributed by atoms with Gasteiger partial charge in [-0.15, -0.1) is 0 Å². The summed E-state index contributed by atoms with van der Waals surface area (Å²) >= 11 is 3.45. The number of nitrogens with one attached hydrogen (secondary N) is 3. The Balaban J connectivity index is 1.44. The number of hydrogen-bond acceptors (Lipinski definition) is 5. The first kappa shape index (κ1) is 22.2. The fourth-order valence-electron chi connectivity index (χ4n) is 3.63. The predicted molar refractivity (Wildman–Crippen MR) is 121 cm³/mol. The van der Waals surface area contributed by atoms with Gasteiger partial charge < -0.3 is 21.7 Å². The van der Waals surface area contributed by atoms with E-state index >= 15 is 0 Å². The number of carbonyl (C=O) groups is 2. The highest BCUT2D eigenvalue weighted by Gasteiger charge is 2.30. The largest absolute Gasteiger partial charge is 0.384 e. The third kappa shape index (κ3) is 6.03. The molecule has 5 N–H and O–H groups in total. The lowest BCUT2D eigenvalue weighted by atomic mass is 9.96. The molecule has 0 bridgehead atoms. The Hall–Kier alpha value is -2.45. The van der Waals surface area contributed by atoms with Crippen LogP contribution in [0.15, 0.2) is 40.9 Å². The van der Waals surface area contributed by atoms with Crippen molar-refractivity contribution in [2.24, 2.45) is 5.92 Å². The number of hydrogen-bond donors (Lipinski definition) is 4. The number of nitrogens with zero attached hydrogens (tertiary/aromatic N) is 1. The van der Waals surface area contributed by atoms with E-state index in [9.17, 15) is 9.59 Å². The van der Waals surface area contributed by atoms with Crippen molar-refractivity contribution in [2.45, 2.75) is 45.3 Å². The molecule has 0 saturated carbocycles. The van der Waals surface area contributed by atoms with E-state index in [1.165, 1.54) is 5.56 Å². The molecule has 0 aliphatic carbocycles. The summed E-state index contributed by atoms with van der Waals surface area (Å²) in [5.41, 5.74) is 8.58. The van der Waals surface area contributed by atoms with Gasteiger partial charge in [-0.25, -0.2) is 4.98 Å². The topological polar surface area (TPSA) is 109 Å². The summed E-state index contributed by atoms with van der Waals surface area (Å²) < 4.78 is 1.06. The van der Waals surface area contributed by atoms with Gasteiger partial charge in [0.05, 0.1) is 6.04 Å². The molecule has 1 aliphatic heterocycles. The molecule has 3 atom stereocenters. The maximum atomic E-state index is 12.6. The molecule has 8 heteroatoms. The Morgan fingerprint density at radius 2 is 2.00 bits per heavy atom. The molecule has 0 unspecified atom stereocenters. The molecule has 2 aromatic rings. The summed E-state index contributed by atoms with van der Waals surface area (Å²) in [5, 5.41) is 8.94. The second-order valence-corrected chi connectivity index (χ2v) is 8.74. The summed E-state index contributed by atoms with van der Waals surface area (Å²) in [6.45, 7) is 4.67. The van der Waals surface area contributed by atoms with Crippen LogP contribution >= 0.6 is 15.9 Å². The van der Waals surface area contributed by atoms with E-state index in [4.69, 9.17) is 5.73 Å². The minimum absolute atomic E-state index is 0.138. The number of carbonyl (C=O) groups excluding carboxylic acids is 2. The van der Waals surface area contributed by atoms with Gasteiger partial charge in [0.1, 0.15) is 11.9 Å². The van der Waals surface area contributed by atoms with Crippen molar-refractivity contribution in [1.29, 1.82) is 0 Å². The average molecular weight is 474 g/mol. The van der Waals surface area contributed by atoms with E-state index < -0.39 is 6.04 Å². The number of halogens is 1. The van der Waals surface area contributed by atoms with Crippen LogP contribution in [0.5, 0.6) is 0 Å². The highest BCUT2D eigenvalue weighted by molar-refractivity contribution is 9.10. The average Bonchev–Trinajstić information content (AvgIpc) is 3.17. The molecular formula is C22H28BrN5O2. The SMILES string of the molecule is Cc1nc(N)ccc1CNC(=O)[C@H](C)NC(=O)[C@H]1C[C@H](Cc2ccc(Br)cc2)CN1. The summed E-state index contributed by atoms with van der Waals surface area (Å²) in [6, 6.07) is 10.9. The lowest BCUT2D eigenvalue weighted by Gasteiger charge is -2.17. The molecule has 0 spiro atoms. The molecule has 1 aromatic carbocycles. The van der Waals surface area contributed by atoms with Gasteiger partial charge in [-0.05, 0) is 68.5 Å². The van der Waals surface area contributed by atoms with E-state index in [1.54, 1.807) is 13.0 Å². The fraction of sp³-hybridized carbons (Fsp3) is 0.409. The zero-order valence-corrected chi connectivity index (χ0v) is 18.8. The number of nitrogen functional groups attached to an aromatic ring is 1. The van der Waals surface area contributed by atoms with E-state index in [0.717, 1.165) is 35.1 Å². The number of aryl methyl sites for hydroxylation is 1. The second kappa shape index (κ2) is 10.0. The molecule has 1 aliphatic rings. The van der Waals surface area contributed by atoms with Crippen LogP contribution in [0.25, 0.3) is 0 Å². The maximum Gasteiger partial charge on any atom is 0.242 e. The molecule has 3 rings (SSSR count). The molecular weight excluding hydrogens is 446 g/mol. The first-order chi connectivity index (χ1) is 14.3. The van der Waals surface area contributed by atoms with Crippen LogP contribution in [0.2, 0.25) is 0 Å². The summed E-state index contributed by atoms with van der Waals surface area (Å²) in [6.07, 6.45) is 1.68. The van der Waals surface area contributed by atoms with Crippen LogP contribution in [-0.4, -0.2) is 35.4 Å². The molecule has 2 amide bonds. The Bertz CT molecular complexity index is 903. The number of amides is 2. The van der Waals surface area contributed by atoms with Crippen LogP contribution < -0.4 is 21.7 Å². The van der Waals surface area contributed by atoms with Crippen molar-refractivity contribution in [3.8, 4) is 0 Å². The van der Waals surface area contributed by atoms with Crippen LogP contribution in [0.1, 0.15) is 30.2 Å². The number of pyridine rings is 1. The van der Waals surface area contributed by atoms with Crippen molar-refractivity contribution < 1.29 is 9.59 Å². The fourth-order valence-corrected chi connectivity index (χ4v) is 3.89. The number of benzene rings is 1. The molecule has 7 nitrogen and oxygen atoms in total. The minimum Gasteiger partial charge on any atom is -0.384 e. The molecule has 30 heavy (non-hydrogen) atoms. The van der Waals surface area contributed by atoms with E-state index in [2.05, 4.69) is 49.0 Å². The quantitative estimate of drug-likeness (QED) is 0.492. The highest BCUT2D eigenvalue weighted by Crippen LogP contribution is 2.21. The predicted octanol–water partition coefficient (Wildman–Crippen LogP) is 2.08. The minimum atomic E-state index is -0.619. The van der Waals surface area contributed by atoms with Crippen molar-refractivity contribution >= 4 is 33.6 Å². The van der Waals surface area contributed by atoms with Crippen molar-refractivity contribution in [2.75, 3.05) is 12.3 Å². The standard InChI is InChI=1S/C22H28BrN5O2/c1-13-17(5-8-20(24)27-13)12-26-21(29)14(2)28-22(30)19-10-16(11-25-19)9-15-3-6-18(23)7-4-15/h3-8,14,16,19,25H,9-12H2,1-2H3,(H2,24,27)(H,26,29)(H,28,30)/t14-,16-,19+/m0/s1. The summed E-state index contributed by atoms with van der Waals surface area (Å²) in [7, 11) is 0. The number of nitrogens with two attached hydrogens (primary N) is 1. The Morgan fingerprint density at radius 1 is 1.27 bits per heavy atom. The third-order valence-electron chi connectivity index (χ3n) is 5.40. The van der Waals surface area contributed by atoms with Gasteiger partial charge in [0.25, 0.3) is 0 Å². The Kier molecular flexibility index (Phi) is 7.44. The van der Waals surface area contributed by atoms with Gasteiger partial charge in [0.15, 0.2) is 0 Å². The first-order valence-electron chi connectivity index (χ1n) is 10.1. The van der Waals surface area contributed by atoms with E-state index in [1.807, 2.05) is 25.1 Å². The smallest absolute Gasteiger partial charge is 0.242 e. The summed E-state index contributed by atoms with van der Waals surface area (Å²) in [4.78, 5) is 29.2. The van der Waals surface area contributed by atoms with Gasteiger partial charge in [0, 0.05) is 16.7 Å². The van der Waals surface area contributed by atoms with Gasteiger partial charge in [-0.2, -0.15) is 0 Å². The lowest BCUT2D eigenvalue weighted by molar-refractivity contribution is -0.129. The molecule has 1 aromatic heterocycles. The zero-order valence-electron chi connectivity index (χ0n) is 17.2. The zero-order chi connectivity index (χ0) is 21.7. The normalized spacial score (nSPS) is 19.3. The van der Waals surface area contributed by atoms with Crippen LogP contribution in [0.4, 0.5) is 5.82 Å². The number of aromatic nitrogens is 1.